The van der Waals surface area contributed by atoms with E-state index in [-0.39, 0.29) is 11.4 Å². The molecular formula is C27H34N2O4. The number of likely N-dealkylation sites (tertiary alicyclic amines) is 1. The van der Waals surface area contributed by atoms with Gasteiger partial charge >= 0.3 is 0 Å². The molecule has 5 rings (SSSR count). The number of Topliss-reactive ketones (excluding diaryl/α,β-unsaturated/α-hetero) is 1. The van der Waals surface area contributed by atoms with Crippen LogP contribution in [-0.4, -0.2) is 54.1 Å². The molecule has 6 nitrogen and oxygen atoms in total. The first-order valence-electron chi connectivity index (χ1n) is 12.4. The van der Waals surface area contributed by atoms with E-state index in [9.17, 15) is 4.79 Å². The summed E-state index contributed by atoms with van der Waals surface area (Å²) in [4.78, 5) is 19.2. The van der Waals surface area contributed by atoms with Crippen molar-refractivity contribution in [1.29, 1.82) is 0 Å². The van der Waals surface area contributed by atoms with Crippen LogP contribution in [0, 0.1) is 0 Å². The maximum absolute atomic E-state index is 12.2. The van der Waals surface area contributed by atoms with E-state index >= 15 is 0 Å². The molecule has 1 aliphatic carbocycles. The molecule has 3 aliphatic rings. The second-order valence-electron chi connectivity index (χ2n) is 9.68. The molecular weight excluding hydrogens is 416 g/mol. The van der Waals surface area contributed by atoms with Gasteiger partial charge in [0.2, 0.25) is 5.88 Å². The Balaban J connectivity index is 1.17. The Kier molecular flexibility index (Phi) is 6.65. The van der Waals surface area contributed by atoms with E-state index in [1.54, 1.807) is 25.4 Å². The highest BCUT2D eigenvalue weighted by atomic mass is 16.5. The van der Waals surface area contributed by atoms with Gasteiger partial charge in [-0.1, -0.05) is 6.42 Å². The molecule has 0 atom stereocenters. The van der Waals surface area contributed by atoms with Crippen LogP contribution < -0.4 is 9.47 Å². The standard InChI is InChI=1S/C27H34N2O4/c1-31-17-3-6-24(30)21-7-10-26(28-19-21)32-23-8-9-25-20(18-23)11-12-27(33-25)13-15-29(16-14-27)22-4-2-5-22/h7-10,18-19,22H,2-6,11-17H2,1H3. The van der Waals surface area contributed by atoms with Crippen molar-refractivity contribution in [3.05, 3.63) is 47.7 Å². The molecule has 2 aromatic rings. The number of ether oxygens (including phenoxy) is 3. The average molecular weight is 451 g/mol. The van der Waals surface area contributed by atoms with Gasteiger partial charge in [0.1, 0.15) is 17.1 Å². The van der Waals surface area contributed by atoms with Crippen molar-refractivity contribution in [2.45, 2.75) is 69.4 Å². The number of aromatic nitrogens is 1. The third-order valence-electron chi connectivity index (χ3n) is 7.54. The van der Waals surface area contributed by atoms with Gasteiger partial charge in [-0.3, -0.25) is 4.79 Å². The van der Waals surface area contributed by atoms with Crippen molar-refractivity contribution < 1.29 is 19.0 Å². The molecule has 1 aromatic heterocycles. The molecule has 0 bridgehead atoms. The highest BCUT2D eigenvalue weighted by Crippen LogP contribution is 2.42. The normalized spacial score (nSPS) is 20.0. The monoisotopic (exact) mass is 450 g/mol. The van der Waals surface area contributed by atoms with Crippen LogP contribution >= 0.6 is 0 Å². The van der Waals surface area contributed by atoms with Crippen LogP contribution in [0.1, 0.15) is 67.3 Å². The van der Waals surface area contributed by atoms with E-state index < -0.39 is 0 Å². The van der Waals surface area contributed by atoms with Crippen LogP contribution in [0.25, 0.3) is 0 Å². The minimum atomic E-state index is 0.00278. The van der Waals surface area contributed by atoms with E-state index in [4.69, 9.17) is 14.2 Å². The number of piperidine rings is 1. The van der Waals surface area contributed by atoms with Crippen molar-refractivity contribution in [3.8, 4) is 17.4 Å². The highest BCUT2D eigenvalue weighted by molar-refractivity contribution is 5.95. The summed E-state index contributed by atoms with van der Waals surface area (Å²) in [5.74, 6) is 2.31. The van der Waals surface area contributed by atoms with E-state index in [0.717, 1.165) is 56.3 Å². The highest BCUT2D eigenvalue weighted by Gasteiger charge is 2.41. The Labute approximate surface area is 196 Å². The molecule has 2 fully saturated rings. The molecule has 0 unspecified atom stereocenters. The second kappa shape index (κ2) is 9.82. The second-order valence-corrected chi connectivity index (χ2v) is 9.68. The summed E-state index contributed by atoms with van der Waals surface area (Å²) in [6.07, 6.45) is 11.2. The van der Waals surface area contributed by atoms with Crippen molar-refractivity contribution >= 4 is 5.78 Å². The first kappa shape index (κ1) is 22.4. The van der Waals surface area contributed by atoms with E-state index in [0.29, 0.717) is 30.9 Å². The Morgan fingerprint density at radius 1 is 1.18 bits per heavy atom. The molecule has 3 heterocycles. The molecule has 6 heteroatoms. The summed E-state index contributed by atoms with van der Waals surface area (Å²) >= 11 is 0. The lowest BCUT2D eigenvalue weighted by Gasteiger charge is -2.48. The molecule has 0 N–H and O–H groups in total. The number of pyridine rings is 1. The summed E-state index contributed by atoms with van der Waals surface area (Å²) < 4.78 is 17.6. The molecule has 1 aromatic carbocycles. The largest absolute Gasteiger partial charge is 0.487 e. The summed E-state index contributed by atoms with van der Waals surface area (Å²) in [7, 11) is 1.64. The predicted molar refractivity (Wildman–Crippen MR) is 126 cm³/mol. The first-order valence-corrected chi connectivity index (χ1v) is 12.4. The molecule has 33 heavy (non-hydrogen) atoms. The number of hydrogen-bond donors (Lipinski definition) is 0. The molecule has 2 aliphatic heterocycles. The molecule has 1 saturated heterocycles. The fourth-order valence-electron chi connectivity index (χ4n) is 5.21. The van der Waals surface area contributed by atoms with E-state index in [1.165, 1.54) is 24.8 Å². The van der Waals surface area contributed by atoms with Crippen LogP contribution in [0.5, 0.6) is 17.4 Å². The molecule has 0 amide bonds. The zero-order chi connectivity index (χ0) is 22.7. The fourth-order valence-corrected chi connectivity index (χ4v) is 5.21. The number of aryl methyl sites for hydroxylation is 1. The van der Waals surface area contributed by atoms with Crippen LogP contribution in [0.15, 0.2) is 36.5 Å². The Hall–Kier alpha value is -2.44. The summed E-state index contributed by atoms with van der Waals surface area (Å²) in [5.41, 5.74) is 1.80. The van der Waals surface area contributed by atoms with Crippen LogP contribution in [0.4, 0.5) is 0 Å². The number of ketones is 1. The number of carbonyl (C=O) groups excluding carboxylic acids is 1. The van der Waals surface area contributed by atoms with Crippen molar-refractivity contribution in [2.24, 2.45) is 0 Å². The molecule has 1 saturated carbocycles. The number of hydrogen-bond acceptors (Lipinski definition) is 6. The van der Waals surface area contributed by atoms with Crippen LogP contribution in [0.3, 0.4) is 0 Å². The van der Waals surface area contributed by atoms with Gasteiger partial charge in [0.25, 0.3) is 0 Å². The van der Waals surface area contributed by atoms with Crippen LogP contribution in [0.2, 0.25) is 0 Å². The Morgan fingerprint density at radius 2 is 2.03 bits per heavy atom. The number of nitrogens with zero attached hydrogens (tertiary/aromatic N) is 2. The summed E-state index contributed by atoms with van der Waals surface area (Å²) in [5, 5.41) is 0. The zero-order valence-corrected chi connectivity index (χ0v) is 19.6. The topological polar surface area (TPSA) is 60.9 Å². The Bertz CT molecular complexity index is 963. The van der Waals surface area contributed by atoms with E-state index in [1.807, 2.05) is 12.1 Å². The van der Waals surface area contributed by atoms with Gasteiger partial charge in [-0.05, 0) is 74.8 Å². The first-order chi connectivity index (χ1) is 16.1. The maximum atomic E-state index is 12.2. The minimum absolute atomic E-state index is 0.00278. The lowest BCUT2D eigenvalue weighted by Crippen LogP contribution is -2.53. The smallest absolute Gasteiger partial charge is 0.219 e. The molecule has 1 spiro atoms. The Morgan fingerprint density at radius 3 is 2.73 bits per heavy atom. The van der Waals surface area contributed by atoms with Crippen LogP contribution in [-0.2, 0) is 11.2 Å². The third-order valence-corrected chi connectivity index (χ3v) is 7.54. The maximum Gasteiger partial charge on any atom is 0.219 e. The van der Waals surface area contributed by atoms with Gasteiger partial charge in [0.05, 0.1) is 0 Å². The lowest BCUT2D eigenvalue weighted by atomic mass is 9.81. The number of benzene rings is 1. The third kappa shape index (κ3) is 5.07. The van der Waals surface area contributed by atoms with Gasteiger partial charge in [-0.15, -0.1) is 0 Å². The SMILES string of the molecule is COCCCC(=O)c1ccc(Oc2ccc3c(c2)CCC2(CCN(C4CCC4)CC2)O3)nc1. The van der Waals surface area contributed by atoms with Crippen molar-refractivity contribution in [1.82, 2.24) is 9.88 Å². The number of carbonyl (C=O) groups is 1. The number of methoxy groups -OCH3 is 1. The number of rotatable bonds is 8. The lowest BCUT2D eigenvalue weighted by molar-refractivity contribution is -0.0337. The molecule has 176 valence electrons. The zero-order valence-electron chi connectivity index (χ0n) is 19.6. The van der Waals surface area contributed by atoms with Crippen molar-refractivity contribution in [3.63, 3.8) is 0 Å². The number of fused-ring (bicyclic) bond motifs is 1. The van der Waals surface area contributed by atoms with Gasteiger partial charge in [-0.2, -0.15) is 0 Å². The molecule has 0 radical (unpaired) electrons. The predicted octanol–water partition coefficient (Wildman–Crippen LogP) is 5.20. The summed E-state index contributed by atoms with van der Waals surface area (Å²) in [6, 6.07) is 10.4. The summed E-state index contributed by atoms with van der Waals surface area (Å²) in [6.45, 7) is 2.91. The van der Waals surface area contributed by atoms with Gasteiger partial charge < -0.3 is 19.1 Å². The van der Waals surface area contributed by atoms with Gasteiger partial charge in [0.15, 0.2) is 5.78 Å². The quantitative estimate of drug-likeness (QED) is 0.407. The fraction of sp³-hybridized carbons (Fsp3) is 0.556. The minimum Gasteiger partial charge on any atom is -0.487 e. The van der Waals surface area contributed by atoms with Gasteiger partial charge in [0, 0.05) is 57.1 Å². The van der Waals surface area contributed by atoms with Crippen molar-refractivity contribution in [2.75, 3.05) is 26.8 Å². The van der Waals surface area contributed by atoms with E-state index in [2.05, 4.69) is 16.0 Å². The average Bonchev–Trinajstić information content (AvgIpc) is 2.80. The van der Waals surface area contributed by atoms with Gasteiger partial charge in [-0.25, -0.2) is 4.98 Å².